The third kappa shape index (κ3) is 18.4. The number of benzene rings is 4. The van der Waals surface area contributed by atoms with Gasteiger partial charge in [0.15, 0.2) is 0 Å². The van der Waals surface area contributed by atoms with Crippen LogP contribution in [-0.2, 0) is 67.2 Å². The van der Waals surface area contributed by atoms with E-state index < -0.39 is 54.7 Å². The lowest BCUT2D eigenvalue weighted by molar-refractivity contribution is -0.142. The summed E-state index contributed by atoms with van der Waals surface area (Å²) in [6, 6.07) is 22.5. The Morgan fingerprint density at radius 1 is 0.558 bits per heavy atom. The van der Waals surface area contributed by atoms with Crippen molar-refractivity contribution in [1.82, 2.24) is 48.6 Å². The molecule has 4 bridgehead atoms. The minimum Gasteiger partial charge on any atom is -0.490 e. The van der Waals surface area contributed by atoms with Gasteiger partial charge < -0.3 is 58.6 Å². The number of piperazine rings is 2. The topological polar surface area (TPSA) is 318 Å². The molecule has 4 aliphatic carbocycles. The zero-order valence-corrected chi connectivity index (χ0v) is 72.9. The van der Waals surface area contributed by atoms with Crippen molar-refractivity contribution in [1.29, 1.82) is 0 Å². The molecule has 6 aromatic rings. The Morgan fingerprint density at radius 2 is 0.958 bits per heavy atom. The monoisotopic (exact) mass is 1720 g/mol. The van der Waals surface area contributed by atoms with Crippen LogP contribution in [0.2, 0.25) is 10.0 Å². The number of anilines is 2. The summed E-state index contributed by atoms with van der Waals surface area (Å²) >= 11 is 13.0. The van der Waals surface area contributed by atoms with Gasteiger partial charge in [-0.3, -0.25) is 47.6 Å². The largest absolute Gasteiger partial charge is 0.490 e. The average molecular weight is 1720 g/mol. The Labute approximate surface area is 713 Å². The van der Waals surface area contributed by atoms with Crippen molar-refractivity contribution in [2.24, 2.45) is 58.3 Å². The second-order valence-corrected chi connectivity index (χ2v) is 40.2. The van der Waals surface area contributed by atoms with Crippen molar-refractivity contribution >= 4 is 89.8 Å². The zero-order valence-electron chi connectivity index (χ0n) is 69.8. The Bertz CT molecular complexity index is 4950. The predicted octanol–water partition coefficient (Wildman–Crippen LogP) is 10.1. The average Bonchev–Trinajstić information content (AvgIpc) is 0.913. The first-order chi connectivity index (χ1) is 57.3. The highest BCUT2D eigenvalue weighted by atomic mass is 35.5. The molecule has 4 aromatic carbocycles. The minimum atomic E-state index is -3.74. The molecule has 16 rings (SSSR count). The third-order valence-corrected chi connectivity index (χ3v) is 31.0. The fraction of sp³-hybridized carbons (Fsp3) is 0.545. The number of aryl methyl sites for hydroxylation is 4. The molecular formula is C88H112Cl2N14O14S2. The van der Waals surface area contributed by atoms with Crippen molar-refractivity contribution in [2.45, 2.75) is 126 Å². The first kappa shape index (κ1) is 86.1. The van der Waals surface area contributed by atoms with Gasteiger partial charge in [-0.15, -0.1) is 18.9 Å². The van der Waals surface area contributed by atoms with Crippen LogP contribution in [0.4, 0.5) is 11.4 Å². The fourth-order valence-corrected chi connectivity index (χ4v) is 24.0. The number of aliphatic hydroxyl groups is 2. The number of halogens is 2. The standard InChI is InChI=1S/2C44H56ClN7O7S/c2*1-29-7-5-16-44(56,23-39(53)51-19-17-49(2)18-20-51)36-12-9-32(36)24-52-27-43(15-6-8-30-21-33(45)11-13-35(30)43)28-59-38-14-10-31(22-37(38)52)40(54)47-60(57,26-29)48-41(55)34-25-50(3)46-42(34)58-4/h2*5,10-11,13-14,16,21-22,25,29,32,36,56H,6-9,12,15,17-20,23-24,26-28H2,1-4H3,(H,47,48,54,55,57)/b2*16-5+/t29-,32-,36+,43-,44+,60?;29-,32-,36+,43-,44-,60?/m00/s1. The normalized spacial score (nSPS) is 30.2. The van der Waals surface area contributed by atoms with Crippen LogP contribution in [0.1, 0.15) is 155 Å². The number of carbonyl (C=O) groups is 6. The zero-order chi connectivity index (χ0) is 84.8. The second kappa shape index (κ2) is 35.2. The first-order valence-electron chi connectivity index (χ1n) is 42.0. The highest BCUT2D eigenvalue weighted by Crippen LogP contribution is 2.52. The quantitative estimate of drug-likeness (QED) is 0.0926. The maximum atomic E-state index is 14.8. The van der Waals surface area contributed by atoms with E-state index in [1.165, 1.54) is 58.2 Å². The van der Waals surface area contributed by atoms with E-state index in [-0.39, 0.29) is 117 Å². The number of carbonyl (C=O) groups excluding carboxylic acids is 6. The SMILES string of the molecule is COc1nn(C)cc1C(=O)NS1(=O)=NC(=O)c2ccc3c(c2)N(C[C@@H]2CC[C@H]2[C@@](O)(CC(=O)N2CCN(C)CC2)/C=C/C[C@H](C)C1)C[C@@]1(CCCc2cc(Cl)ccc21)CO3.COc1nn(C)cc1C(=O)NS1(=O)=NC(=O)c2ccc3c(c2)N(C[C@@H]2CC[C@H]2[C@](O)(CC(=O)N2CCN(C)CC2)/C=C/C[C@H](C)C1)C[C@@]1(CCCc2cc(Cl)ccc21)CO3. The van der Waals surface area contributed by atoms with Crippen molar-refractivity contribution in [3.8, 4) is 23.3 Å². The van der Waals surface area contributed by atoms with E-state index in [1.807, 2.05) is 62.0 Å². The van der Waals surface area contributed by atoms with Crippen molar-refractivity contribution < 1.29 is 66.3 Å². The number of nitrogens with one attached hydrogen (secondary N) is 2. The summed E-state index contributed by atoms with van der Waals surface area (Å²) in [5.74, 6) is -3.21. The minimum absolute atomic E-state index is 0.0315. The van der Waals surface area contributed by atoms with E-state index in [1.54, 1.807) is 62.6 Å². The van der Waals surface area contributed by atoms with E-state index in [9.17, 15) is 47.4 Å². The summed E-state index contributed by atoms with van der Waals surface area (Å²) in [6.45, 7) is 12.3. The van der Waals surface area contributed by atoms with Crippen LogP contribution in [0.3, 0.4) is 0 Å². The number of methoxy groups -OCH3 is 2. The molecule has 32 heteroatoms. The van der Waals surface area contributed by atoms with E-state index in [0.717, 1.165) is 90.4 Å². The summed E-state index contributed by atoms with van der Waals surface area (Å²) in [5, 5.41) is 35.2. The molecule has 6 aliphatic heterocycles. The number of rotatable bonds is 10. The van der Waals surface area contributed by atoms with E-state index in [4.69, 9.17) is 42.1 Å². The molecule has 2 saturated carbocycles. The van der Waals surface area contributed by atoms with Gasteiger partial charge in [0.25, 0.3) is 23.6 Å². The van der Waals surface area contributed by atoms with Gasteiger partial charge in [-0.2, -0.15) is 0 Å². The summed E-state index contributed by atoms with van der Waals surface area (Å²) in [5.41, 5.74) is 3.04. The van der Waals surface area contributed by atoms with Crippen LogP contribution >= 0.6 is 23.2 Å². The molecule has 12 atom stereocenters. The molecule has 2 aromatic heterocycles. The lowest BCUT2D eigenvalue weighted by Crippen LogP contribution is -2.55. The number of likely N-dealkylation sites (N-methyl/N-ethyl adjacent to an activating group) is 2. The summed E-state index contributed by atoms with van der Waals surface area (Å²) < 4.78 is 70.2. The van der Waals surface area contributed by atoms with Crippen LogP contribution in [0, 0.1) is 35.5 Å². The number of hydrogen-bond donors (Lipinski definition) is 4. The Balaban J connectivity index is 0.000000187. The highest BCUT2D eigenvalue weighted by Gasteiger charge is 2.52. The van der Waals surface area contributed by atoms with Crippen LogP contribution in [0.15, 0.2) is 118 Å². The lowest BCUT2D eigenvalue weighted by Gasteiger charge is -2.49. The van der Waals surface area contributed by atoms with Gasteiger partial charge in [-0.25, -0.2) is 8.42 Å². The van der Waals surface area contributed by atoms with Gasteiger partial charge in [0, 0.05) is 137 Å². The Kier molecular flexibility index (Phi) is 25.2. The van der Waals surface area contributed by atoms with Gasteiger partial charge in [0.05, 0.1) is 74.4 Å². The maximum absolute atomic E-state index is 14.8. The molecule has 120 heavy (non-hydrogen) atoms. The smallest absolute Gasteiger partial charge is 0.286 e. The van der Waals surface area contributed by atoms with Crippen LogP contribution in [0.25, 0.3) is 0 Å². The van der Waals surface area contributed by atoms with Crippen LogP contribution in [-0.4, -0.2) is 236 Å². The molecule has 644 valence electrons. The van der Waals surface area contributed by atoms with E-state index >= 15 is 0 Å². The van der Waals surface area contributed by atoms with Gasteiger partial charge in [-0.05, 0) is 210 Å². The molecule has 2 spiro atoms. The number of hydrogen-bond acceptors (Lipinski definition) is 20. The summed E-state index contributed by atoms with van der Waals surface area (Å²) in [6.07, 6.45) is 19.5. The first-order valence-corrected chi connectivity index (χ1v) is 46.2. The van der Waals surface area contributed by atoms with Gasteiger partial charge in [0.2, 0.25) is 23.6 Å². The van der Waals surface area contributed by atoms with Crippen molar-refractivity contribution in [3.63, 3.8) is 0 Å². The number of nitrogens with zero attached hydrogens (tertiary/aromatic N) is 12. The van der Waals surface area contributed by atoms with Gasteiger partial charge in [-0.1, -0.05) is 73.5 Å². The second-order valence-electron chi connectivity index (χ2n) is 35.4. The molecule has 28 nitrogen and oxygen atoms in total. The van der Waals surface area contributed by atoms with E-state index in [0.29, 0.717) is 111 Å². The summed E-state index contributed by atoms with van der Waals surface area (Å²) in [7, 11) is 2.65. The number of amides is 6. The molecule has 2 saturated heterocycles. The Morgan fingerprint density at radius 3 is 1.33 bits per heavy atom. The molecule has 8 heterocycles. The molecule has 4 N–H and O–H groups in total. The number of aromatic nitrogens is 4. The lowest BCUT2D eigenvalue weighted by atomic mass is 9.63. The number of allylic oxidation sites excluding steroid dienone is 2. The summed E-state index contributed by atoms with van der Waals surface area (Å²) in [4.78, 5) is 96.4. The molecule has 6 amide bonds. The van der Waals surface area contributed by atoms with Crippen LogP contribution < -0.4 is 38.2 Å². The predicted molar refractivity (Wildman–Crippen MR) is 460 cm³/mol. The number of ether oxygens (including phenoxy) is 4. The van der Waals surface area contributed by atoms with Gasteiger partial charge in [0.1, 0.15) is 42.5 Å². The van der Waals surface area contributed by atoms with E-state index in [2.05, 4.69) is 72.2 Å². The van der Waals surface area contributed by atoms with Crippen molar-refractivity contribution in [2.75, 3.05) is 141 Å². The number of fused-ring (bicyclic) bond motifs is 8. The maximum Gasteiger partial charge on any atom is 0.286 e. The fourth-order valence-electron chi connectivity index (χ4n) is 19.8. The molecule has 10 aliphatic rings. The molecule has 2 unspecified atom stereocenters. The third-order valence-electron chi connectivity index (χ3n) is 26.5. The highest BCUT2D eigenvalue weighted by molar-refractivity contribution is 7.92. The van der Waals surface area contributed by atoms with Crippen molar-refractivity contribution in [3.05, 3.63) is 164 Å². The van der Waals surface area contributed by atoms with Crippen LogP contribution in [0.5, 0.6) is 23.3 Å². The molecule has 4 fully saturated rings. The Hall–Kier alpha value is -8.88. The molecule has 0 radical (unpaired) electrons. The van der Waals surface area contributed by atoms with Gasteiger partial charge >= 0.3 is 0 Å². The molecular weight excluding hydrogens is 1610 g/mol.